The monoisotopic (exact) mass is 498 g/mol. The Morgan fingerprint density at radius 2 is 1.97 bits per heavy atom. The van der Waals surface area contributed by atoms with Gasteiger partial charge in [0, 0.05) is 12.6 Å². The largest absolute Gasteiger partial charge is 0.490 e. The van der Waals surface area contributed by atoms with Gasteiger partial charge in [0.15, 0.2) is 18.1 Å². The first-order valence-corrected chi connectivity index (χ1v) is 10.8. The summed E-state index contributed by atoms with van der Waals surface area (Å²) in [5.41, 5.74) is 2.39. The van der Waals surface area contributed by atoms with Crippen LogP contribution >= 0.6 is 15.9 Å². The highest BCUT2D eigenvalue weighted by molar-refractivity contribution is 9.10. The molecule has 0 saturated carbocycles. The molecule has 0 spiro atoms. The quantitative estimate of drug-likeness (QED) is 0.410. The van der Waals surface area contributed by atoms with Crippen LogP contribution in [0, 0.1) is 11.3 Å². The predicted octanol–water partition coefficient (Wildman–Crippen LogP) is 4.72. The zero-order valence-electron chi connectivity index (χ0n) is 17.6. The van der Waals surface area contributed by atoms with Crippen LogP contribution in [0.5, 0.6) is 11.5 Å². The second kappa shape index (κ2) is 11.9. The summed E-state index contributed by atoms with van der Waals surface area (Å²) in [6.07, 6.45) is 1.61. The Morgan fingerprint density at radius 1 is 1.12 bits per heavy atom. The lowest BCUT2D eigenvalue weighted by Crippen LogP contribution is -2.28. The molecule has 8 heteroatoms. The van der Waals surface area contributed by atoms with Crippen molar-refractivity contribution in [1.29, 1.82) is 5.26 Å². The summed E-state index contributed by atoms with van der Waals surface area (Å²) in [6, 6.07) is 16.8. The Hall–Kier alpha value is -3.28. The number of carbonyl (C=O) groups excluding carboxylic acids is 1. The van der Waals surface area contributed by atoms with E-state index in [0.29, 0.717) is 47.9 Å². The molecule has 0 unspecified atom stereocenters. The van der Waals surface area contributed by atoms with Crippen molar-refractivity contribution in [2.75, 3.05) is 13.2 Å². The molecule has 0 aliphatic rings. The first-order chi connectivity index (χ1) is 15.6. The average Bonchev–Trinajstić information content (AvgIpc) is 3.31. The van der Waals surface area contributed by atoms with Crippen LogP contribution in [0.3, 0.4) is 0 Å². The molecule has 0 fully saturated rings. The van der Waals surface area contributed by atoms with Crippen LogP contribution in [0.1, 0.15) is 29.4 Å². The third-order valence-corrected chi connectivity index (χ3v) is 4.95. The fraction of sp³-hybridized carbons (Fsp3) is 0.250. The van der Waals surface area contributed by atoms with Crippen LogP contribution in [0.25, 0.3) is 0 Å². The number of carbonyl (C=O) groups is 1. The minimum absolute atomic E-state index is 0.184. The van der Waals surface area contributed by atoms with Gasteiger partial charge in [-0.3, -0.25) is 4.79 Å². The number of hydrogen-bond donors (Lipinski definition) is 1. The highest BCUT2D eigenvalue weighted by atomic mass is 79.9. The zero-order chi connectivity index (χ0) is 22.8. The van der Waals surface area contributed by atoms with E-state index in [9.17, 15) is 4.79 Å². The molecule has 3 aromatic rings. The van der Waals surface area contributed by atoms with E-state index in [0.717, 1.165) is 16.9 Å². The summed E-state index contributed by atoms with van der Waals surface area (Å²) >= 11 is 3.37. The molecular weight excluding hydrogens is 476 g/mol. The number of rotatable bonds is 11. The van der Waals surface area contributed by atoms with Gasteiger partial charge in [-0.1, -0.05) is 24.3 Å². The van der Waals surface area contributed by atoms with Gasteiger partial charge in [0.05, 0.1) is 35.6 Å². The van der Waals surface area contributed by atoms with Crippen molar-refractivity contribution in [3.05, 3.63) is 81.7 Å². The van der Waals surface area contributed by atoms with E-state index in [1.165, 1.54) is 0 Å². The Balaban J connectivity index is 1.49. The van der Waals surface area contributed by atoms with Crippen LogP contribution in [0.2, 0.25) is 0 Å². The SMILES string of the molecule is CCOc1cc(C#N)cc(Br)c1OCC(=O)NCc1cccc(COCc2ccco2)c1. The molecule has 0 bridgehead atoms. The van der Waals surface area contributed by atoms with Crippen molar-refractivity contribution in [1.82, 2.24) is 5.32 Å². The molecule has 0 atom stereocenters. The van der Waals surface area contributed by atoms with Crippen LogP contribution in [0.4, 0.5) is 0 Å². The summed E-state index contributed by atoms with van der Waals surface area (Å²) in [6.45, 7) is 3.26. The van der Waals surface area contributed by atoms with E-state index in [-0.39, 0.29) is 12.5 Å². The Bertz CT molecular complexity index is 1080. The Labute approximate surface area is 195 Å². The predicted molar refractivity (Wildman–Crippen MR) is 121 cm³/mol. The number of amides is 1. The van der Waals surface area contributed by atoms with Crippen molar-refractivity contribution < 1.29 is 23.4 Å². The number of halogens is 1. The molecule has 3 rings (SSSR count). The van der Waals surface area contributed by atoms with Gasteiger partial charge < -0.3 is 23.9 Å². The van der Waals surface area contributed by atoms with Crippen LogP contribution in [-0.4, -0.2) is 19.1 Å². The van der Waals surface area contributed by atoms with E-state index in [4.69, 9.17) is 23.9 Å². The zero-order valence-corrected chi connectivity index (χ0v) is 19.2. The lowest BCUT2D eigenvalue weighted by Gasteiger charge is -2.14. The highest BCUT2D eigenvalue weighted by Gasteiger charge is 2.14. The molecular formula is C24H23BrN2O5. The molecule has 166 valence electrons. The van der Waals surface area contributed by atoms with Crippen LogP contribution in [0.15, 0.2) is 63.7 Å². The number of furan rings is 1. The Kier molecular flexibility index (Phi) is 8.72. The second-order valence-electron chi connectivity index (χ2n) is 6.79. The summed E-state index contributed by atoms with van der Waals surface area (Å²) in [7, 11) is 0. The molecule has 1 amide bonds. The maximum atomic E-state index is 12.3. The maximum absolute atomic E-state index is 12.3. The first kappa shape index (κ1) is 23.4. The topological polar surface area (TPSA) is 93.7 Å². The lowest BCUT2D eigenvalue weighted by atomic mass is 10.1. The molecule has 2 aromatic carbocycles. The average molecular weight is 499 g/mol. The number of hydrogen-bond acceptors (Lipinski definition) is 6. The maximum Gasteiger partial charge on any atom is 0.258 e. The second-order valence-corrected chi connectivity index (χ2v) is 7.64. The lowest BCUT2D eigenvalue weighted by molar-refractivity contribution is -0.123. The first-order valence-electron chi connectivity index (χ1n) is 10.0. The smallest absolute Gasteiger partial charge is 0.258 e. The van der Waals surface area contributed by atoms with Crippen molar-refractivity contribution >= 4 is 21.8 Å². The van der Waals surface area contributed by atoms with Gasteiger partial charge in [-0.25, -0.2) is 0 Å². The molecule has 1 aromatic heterocycles. The highest BCUT2D eigenvalue weighted by Crippen LogP contribution is 2.36. The molecule has 1 N–H and O–H groups in total. The fourth-order valence-electron chi connectivity index (χ4n) is 2.92. The molecule has 1 heterocycles. The van der Waals surface area contributed by atoms with E-state index in [2.05, 4.69) is 27.3 Å². The number of ether oxygens (including phenoxy) is 3. The molecule has 0 aliphatic carbocycles. The molecule has 0 saturated heterocycles. The van der Waals surface area contributed by atoms with E-state index >= 15 is 0 Å². The summed E-state index contributed by atoms with van der Waals surface area (Å²) < 4.78 is 22.6. The minimum Gasteiger partial charge on any atom is -0.490 e. The number of benzene rings is 2. The van der Waals surface area contributed by atoms with Gasteiger partial charge in [-0.05, 0) is 52.2 Å². The third kappa shape index (κ3) is 6.87. The molecule has 0 aliphatic heterocycles. The summed E-state index contributed by atoms with van der Waals surface area (Å²) in [5.74, 6) is 1.29. The molecule has 0 radical (unpaired) electrons. The number of nitrogens with zero attached hydrogens (tertiary/aromatic N) is 1. The number of nitriles is 1. The van der Waals surface area contributed by atoms with E-state index < -0.39 is 0 Å². The Morgan fingerprint density at radius 3 is 2.72 bits per heavy atom. The fourth-order valence-corrected chi connectivity index (χ4v) is 3.48. The van der Waals surface area contributed by atoms with E-state index in [1.807, 2.05) is 43.3 Å². The summed E-state index contributed by atoms with van der Waals surface area (Å²) in [5, 5.41) is 11.9. The standard InChI is InChI=1S/C24H23BrN2O5/c1-2-30-22-11-19(12-26)10-21(25)24(22)32-16-23(28)27-13-17-5-3-6-18(9-17)14-29-15-20-7-4-8-31-20/h3-11H,2,13-16H2,1H3,(H,27,28). The van der Waals surface area contributed by atoms with Gasteiger partial charge >= 0.3 is 0 Å². The molecule has 32 heavy (non-hydrogen) atoms. The van der Waals surface area contributed by atoms with Crippen LogP contribution in [-0.2, 0) is 29.3 Å². The van der Waals surface area contributed by atoms with Gasteiger partial charge in [-0.15, -0.1) is 0 Å². The number of nitrogens with one attached hydrogen (secondary N) is 1. The van der Waals surface area contributed by atoms with Crippen molar-refractivity contribution in [2.24, 2.45) is 0 Å². The summed E-state index contributed by atoms with van der Waals surface area (Å²) in [4.78, 5) is 12.3. The van der Waals surface area contributed by atoms with Gasteiger partial charge in [0.1, 0.15) is 12.4 Å². The van der Waals surface area contributed by atoms with Crippen molar-refractivity contribution in [3.63, 3.8) is 0 Å². The van der Waals surface area contributed by atoms with Crippen molar-refractivity contribution in [2.45, 2.75) is 26.7 Å². The van der Waals surface area contributed by atoms with Gasteiger partial charge in [0.2, 0.25) is 0 Å². The minimum atomic E-state index is -0.275. The van der Waals surface area contributed by atoms with Crippen LogP contribution < -0.4 is 14.8 Å². The third-order valence-electron chi connectivity index (χ3n) is 4.36. The normalized spacial score (nSPS) is 10.4. The van der Waals surface area contributed by atoms with Gasteiger partial charge in [-0.2, -0.15) is 5.26 Å². The van der Waals surface area contributed by atoms with Crippen molar-refractivity contribution in [3.8, 4) is 17.6 Å². The molecule has 7 nitrogen and oxygen atoms in total. The van der Waals surface area contributed by atoms with Gasteiger partial charge in [0.25, 0.3) is 5.91 Å². The van der Waals surface area contributed by atoms with E-state index in [1.54, 1.807) is 18.4 Å².